The molecule has 0 aliphatic carbocycles. The number of para-hydroxylation sites is 1. The van der Waals surface area contributed by atoms with Gasteiger partial charge in [-0.15, -0.1) is 0 Å². The smallest absolute Gasteiger partial charge is 0.349 e. The first-order valence-electron chi connectivity index (χ1n) is 11.9. The van der Waals surface area contributed by atoms with Crippen LogP contribution < -0.4 is 9.64 Å². The summed E-state index contributed by atoms with van der Waals surface area (Å²) in [7, 11) is 0. The molecule has 1 heterocycles. The number of ether oxygens (including phenoxy) is 2. The SMILES string of the molecule is CCOc1ccc(-n2c(C)cc(/C=C(\C#N)C(=O)O[C@@H](C)C(=O)N(CC)c3ccccc3)c2C)cc1. The summed E-state index contributed by atoms with van der Waals surface area (Å²) in [4.78, 5) is 27.3. The molecule has 3 rings (SSSR count). The zero-order chi connectivity index (χ0) is 26.2. The second-order valence-electron chi connectivity index (χ2n) is 8.22. The lowest BCUT2D eigenvalue weighted by Crippen LogP contribution is -2.40. The van der Waals surface area contributed by atoms with E-state index >= 15 is 0 Å². The number of esters is 1. The number of carbonyl (C=O) groups is 2. The Balaban J connectivity index is 1.80. The minimum atomic E-state index is -1.05. The fourth-order valence-electron chi connectivity index (χ4n) is 4.05. The Morgan fingerprint density at radius 3 is 2.33 bits per heavy atom. The van der Waals surface area contributed by atoms with E-state index in [1.807, 2.05) is 99.0 Å². The Morgan fingerprint density at radius 1 is 1.08 bits per heavy atom. The van der Waals surface area contributed by atoms with Crippen LogP contribution in [0.4, 0.5) is 5.69 Å². The molecule has 0 aliphatic heterocycles. The third-order valence-corrected chi connectivity index (χ3v) is 5.80. The molecular weight excluding hydrogens is 454 g/mol. The van der Waals surface area contributed by atoms with Crippen LogP contribution in [0.2, 0.25) is 0 Å². The molecule has 0 N–H and O–H groups in total. The number of hydrogen-bond donors (Lipinski definition) is 0. The Bertz CT molecular complexity index is 1280. The number of rotatable bonds is 9. The third-order valence-electron chi connectivity index (χ3n) is 5.80. The molecule has 1 atom stereocenters. The van der Waals surface area contributed by atoms with Crippen molar-refractivity contribution >= 4 is 23.6 Å². The number of anilines is 1. The maximum atomic E-state index is 12.9. The molecule has 0 fully saturated rings. The summed E-state index contributed by atoms with van der Waals surface area (Å²) in [6.07, 6.45) is 0.451. The van der Waals surface area contributed by atoms with E-state index in [-0.39, 0.29) is 11.5 Å². The van der Waals surface area contributed by atoms with Crippen LogP contribution in [0.25, 0.3) is 11.8 Å². The number of nitrogens with zero attached hydrogens (tertiary/aromatic N) is 3. The van der Waals surface area contributed by atoms with Crippen LogP contribution in [-0.4, -0.2) is 35.7 Å². The first kappa shape index (κ1) is 26.3. The lowest BCUT2D eigenvalue weighted by Gasteiger charge is -2.24. The average Bonchev–Trinajstić information content (AvgIpc) is 3.16. The molecule has 0 bridgehead atoms. The van der Waals surface area contributed by atoms with Crippen molar-refractivity contribution in [3.63, 3.8) is 0 Å². The summed E-state index contributed by atoms with van der Waals surface area (Å²) < 4.78 is 13.0. The molecule has 1 amide bonds. The fraction of sp³-hybridized carbons (Fsp3) is 0.276. The van der Waals surface area contributed by atoms with E-state index in [4.69, 9.17) is 9.47 Å². The normalized spacial score (nSPS) is 11.9. The molecule has 1 aromatic heterocycles. The van der Waals surface area contributed by atoms with Gasteiger partial charge in [-0.05, 0) is 88.7 Å². The van der Waals surface area contributed by atoms with Gasteiger partial charge in [0, 0.05) is 29.3 Å². The van der Waals surface area contributed by atoms with Gasteiger partial charge < -0.3 is 18.9 Å². The number of hydrogen-bond acceptors (Lipinski definition) is 5. The van der Waals surface area contributed by atoms with E-state index in [1.54, 1.807) is 0 Å². The maximum Gasteiger partial charge on any atom is 0.349 e. The van der Waals surface area contributed by atoms with Gasteiger partial charge in [0.1, 0.15) is 17.4 Å². The van der Waals surface area contributed by atoms with E-state index in [0.29, 0.717) is 24.4 Å². The van der Waals surface area contributed by atoms with Gasteiger partial charge in [0.25, 0.3) is 5.91 Å². The van der Waals surface area contributed by atoms with Crippen LogP contribution in [0.15, 0.2) is 66.2 Å². The average molecular weight is 486 g/mol. The van der Waals surface area contributed by atoms with Gasteiger partial charge >= 0.3 is 5.97 Å². The van der Waals surface area contributed by atoms with Gasteiger partial charge in [-0.2, -0.15) is 5.26 Å². The molecule has 7 nitrogen and oxygen atoms in total. The van der Waals surface area contributed by atoms with E-state index in [2.05, 4.69) is 0 Å². The highest BCUT2D eigenvalue weighted by Gasteiger charge is 2.25. The number of amides is 1. The molecule has 0 saturated heterocycles. The summed E-state index contributed by atoms with van der Waals surface area (Å²) in [5, 5.41) is 9.67. The number of likely N-dealkylation sites (N-methyl/N-ethyl adjacent to an activating group) is 1. The van der Waals surface area contributed by atoms with Crippen LogP contribution >= 0.6 is 0 Å². The van der Waals surface area contributed by atoms with Crippen molar-refractivity contribution in [2.75, 3.05) is 18.1 Å². The maximum absolute atomic E-state index is 12.9. The molecule has 0 saturated carbocycles. The van der Waals surface area contributed by atoms with Gasteiger partial charge in [-0.25, -0.2) is 4.79 Å². The van der Waals surface area contributed by atoms with Crippen LogP contribution in [0.3, 0.4) is 0 Å². The Hall–Kier alpha value is -4.31. The minimum Gasteiger partial charge on any atom is -0.494 e. The molecular formula is C29H31N3O4. The first-order chi connectivity index (χ1) is 17.3. The van der Waals surface area contributed by atoms with Crippen molar-refractivity contribution in [3.8, 4) is 17.5 Å². The highest BCUT2D eigenvalue weighted by molar-refractivity contribution is 6.02. The number of aromatic nitrogens is 1. The number of aryl methyl sites for hydroxylation is 1. The highest BCUT2D eigenvalue weighted by atomic mass is 16.5. The van der Waals surface area contributed by atoms with Gasteiger partial charge in [-0.1, -0.05) is 18.2 Å². The summed E-state index contributed by atoms with van der Waals surface area (Å²) in [6, 6.07) is 20.7. The van der Waals surface area contributed by atoms with Crippen molar-refractivity contribution in [3.05, 3.63) is 83.2 Å². The standard InChI is InChI=1S/C29H31N3O4/c1-6-31(25-11-9-8-10-12-25)28(33)22(5)36-29(34)24(19-30)18-23-17-20(3)32(21(23)4)26-13-15-27(16-14-26)35-7-2/h8-18,22H,6-7H2,1-5H3/b24-18+/t22-/m0/s1. The van der Waals surface area contributed by atoms with Crippen LogP contribution in [-0.2, 0) is 14.3 Å². The predicted molar refractivity (Wildman–Crippen MR) is 140 cm³/mol. The van der Waals surface area contributed by atoms with Crippen molar-refractivity contribution < 1.29 is 19.1 Å². The fourth-order valence-corrected chi connectivity index (χ4v) is 4.05. The summed E-state index contributed by atoms with van der Waals surface area (Å²) in [5.74, 6) is -0.410. The monoisotopic (exact) mass is 485 g/mol. The quantitative estimate of drug-likeness (QED) is 0.231. The molecule has 7 heteroatoms. The van der Waals surface area contributed by atoms with Crippen molar-refractivity contribution in [1.29, 1.82) is 5.26 Å². The minimum absolute atomic E-state index is 0.177. The number of benzene rings is 2. The zero-order valence-corrected chi connectivity index (χ0v) is 21.3. The second kappa shape index (κ2) is 11.9. The zero-order valence-electron chi connectivity index (χ0n) is 21.3. The van der Waals surface area contributed by atoms with Crippen molar-refractivity contribution in [1.82, 2.24) is 4.57 Å². The van der Waals surface area contributed by atoms with Crippen molar-refractivity contribution in [2.45, 2.75) is 40.7 Å². The molecule has 0 spiro atoms. The highest BCUT2D eigenvalue weighted by Crippen LogP contribution is 2.25. The van der Waals surface area contributed by atoms with E-state index in [9.17, 15) is 14.9 Å². The second-order valence-corrected chi connectivity index (χ2v) is 8.22. The van der Waals surface area contributed by atoms with Crippen LogP contribution in [0.5, 0.6) is 5.75 Å². The molecule has 0 aliphatic rings. The predicted octanol–water partition coefficient (Wildman–Crippen LogP) is 5.38. The number of carbonyl (C=O) groups excluding carboxylic acids is 2. The Morgan fingerprint density at radius 2 is 1.75 bits per heavy atom. The lowest BCUT2D eigenvalue weighted by molar-refractivity contribution is -0.149. The summed E-state index contributed by atoms with van der Waals surface area (Å²) in [6.45, 7) is 10.2. The largest absolute Gasteiger partial charge is 0.494 e. The van der Waals surface area contributed by atoms with E-state index in [0.717, 1.165) is 22.8 Å². The molecule has 0 radical (unpaired) electrons. The van der Waals surface area contributed by atoms with Crippen LogP contribution in [0.1, 0.15) is 37.7 Å². The molecule has 186 valence electrons. The summed E-state index contributed by atoms with van der Waals surface area (Å²) in [5.41, 5.74) is 4.00. The molecule has 36 heavy (non-hydrogen) atoms. The van der Waals surface area contributed by atoms with E-state index < -0.39 is 12.1 Å². The Kier molecular flexibility index (Phi) is 8.69. The summed E-state index contributed by atoms with van der Waals surface area (Å²) >= 11 is 0. The van der Waals surface area contributed by atoms with Crippen molar-refractivity contribution in [2.24, 2.45) is 0 Å². The van der Waals surface area contributed by atoms with Gasteiger partial charge in [0.05, 0.1) is 6.61 Å². The topological polar surface area (TPSA) is 84.6 Å². The lowest BCUT2D eigenvalue weighted by atomic mass is 10.1. The molecule has 2 aromatic carbocycles. The Labute approximate surface area is 212 Å². The first-order valence-corrected chi connectivity index (χ1v) is 11.9. The van der Waals surface area contributed by atoms with Gasteiger partial charge in [0.2, 0.25) is 0 Å². The van der Waals surface area contributed by atoms with Crippen LogP contribution in [0, 0.1) is 25.2 Å². The van der Waals surface area contributed by atoms with Gasteiger partial charge in [-0.3, -0.25) is 4.79 Å². The van der Waals surface area contributed by atoms with Gasteiger partial charge in [0.15, 0.2) is 6.10 Å². The third kappa shape index (κ3) is 5.84. The number of nitriles is 1. The molecule has 3 aromatic rings. The van der Waals surface area contributed by atoms with E-state index in [1.165, 1.54) is 17.9 Å². The molecule has 0 unspecified atom stereocenters.